The number of rotatable bonds is 4. The normalized spacial score (nSPS) is 47.3. The molecule has 3 nitrogen and oxygen atoms in total. The molecule has 0 aromatic carbocycles. The molecule has 2 aliphatic carbocycles. The largest absolute Gasteiger partial charge is 0.462 e. The van der Waals surface area contributed by atoms with Crippen molar-refractivity contribution in [2.75, 3.05) is 0 Å². The van der Waals surface area contributed by atoms with Crippen LogP contribution in [0, 0.1) is 17.8 Å². The van der Waals surface area contributed by atoms with Crippen molar-refractivity contribution in [2.45, 2.75) is 63.5 Å². The van der Waals surface area contributed by atoms with Gasteiger partial charge in [0.05, 0.1) is 5.92 Å². The smallest absolute Gasteiger partial charge is 0.311 e. The van der Waals surface area contributed by atoms with Gasteiger partial charge in [-0.25, -0.2) is 0 Å². The van der Waals surface area contributed by atoms with Gasteiger partial charge in [-0.05, 0) is 31.6 Å². The molecule has 0 aromatic heterocycles. The molecule has 0 radical (unpaired) electrons. The number of hydrogen-bond acceptors (Lipinski definition) is 3. The van der Waals surface area contributed by atoms with Gasteiger partial charge in [0, 0.05) is 11.5 Å². The van der Waals surface area contributed by atoms with Crippen molar-refractivity contribution in [1.82, 2.24) is 0 Å². The molecule has 3 fully saturated rings. The molecule has 0 aromatic rings. The van der Waals surface area contributed by atoms with Crippen LogP contribution < -0.4 is 5.73 Å². The number of unbranched alkanes of at least 4 members (excludes halogenated alkanes) is 2. The summed E-state index contributed by atoms with van der Waals surface area (Å²) < 4.78 is 5.50. The summed E-state index contributed by atoms with van der Waals surface area (Å²) in [7, 11) is 0. The minimum Gasteiger partial charge on any atom is -0.462 e. The van der Waals surface area contributed by atoms with Crippen molar-refractivity contribution >= 4 is 5.97 Å². The van der Waals surface area contributed by atoms with Crippen LogP contribution in [0.5, 0.6) is 0 Å². The van der Waals surface area contributed by atoms with Gasteiger partial charge >= 0.3 is 5.97 Å². The van der Waals surface area contributed by atoms with E-state index in [0.717, 1.165) is 25.7 Å². The number of esters is 1. The Morgan fingerprint density at radius 2 is 2.24 bits per heavy atom. The van der Waals surface area contributed by atoms with Gasteiger partial charge in [-0.2, -0.15) is 0 Å². The van der Waals surface area contributed by atoms with Gasteiger partial charge in [-0.15, -0.1) is 0 Å². The number of carbonyl (C=O) groups excluding carboxylic acids is 1. The van der Waals surface area contributed by atoms with Crippen LogP contribution >= 0.6 is 0 Å². The quantitative estimate of drug-likeness (QED) is 0.602. The lowest BCUT2D eigenvalue weighted by Crippen LogP contribution is -2.46. The Hall–Kier alpha value is -0.570. The van der Waals surface area contributed by atoms with Crippen molar-refractivity contribution in [2.24, 2.45) is 23.5 Å². The number of carbonyl (C=O) groups is 1. The predicted octanol–water partition coefficient (Wildman–Crippen LogP) is 2.24. The van der Waals surface area contributed by atoms with Gasteiger partial charge < -0.3 is 10.5 Å². The van der Waals surface area contributed by atoms with Crippen molar-refractivity contribution < 1.29 is 9.53 Å². The molecule has 1 unspecified atom stereocenters. The first-order valence-corrected chi connectivity index (χ1v) is 7.15. The van der Waals surface area contributed by atoms with E-state index in [1.807, 2.05) is 0 Å². The van der Waals surface area contributed by atoms with E-state index in [1.165, 1.54) is 19.3 Å². The SMILES string of the molecule is CCCCCC1(N)C[C@H]2CC[C@H]3OC(=O)[C@@H]1[C@@H]23. The Labute approximate surface area is 103 Å². The van der Waals surface area contributed by atoms with E-state index in [-0.39, 0.29) is 23.5 Å². The Kier molecular flexibility index (Phi) is 2.69. The molecule has 1 heterocycles. The summed E-state index contributed by atoms with van der Waals surface area (Å²) in [6.07, 6.45) is 8.13. The number of ether oxygens (including phenoxy) is 1. The maximum atomic E-state index is 12.0. The molecular weight excluding hydrogens is 214 g/mol. The fourth-order valence-corrected chi connectivity index (χ4v) is 4.50. The highest BCUT2D eigenvalue weighted by molar-refractivity contribution is 5.78. The van der Waals surface area contributed by atoms with Crippen LogP contribution in [0.15, 0.2) is 0 Å². The fourth-order valence-electron chi connectivity index (χ4n) is 4.50. The summed E-state index contributed by atoms with van der Waals surface area (Å²) >= 11 is 0. The van der Waals surface area contributed by atoms with Crippen LogP contribution in [-0.2, 0) is 9.53 Å². The van der Waals surface area contributed by atoms with Crippen molar-refractivity contribution in [3.05, 3.63) is 0 Å². The first kappa shape index (κ1) is 11.5. The molecule has 0 amide bonds. The third-order valence-electron chi connectivity index (χ3n) is 5.21. The third-order valence-corrected chi connectivity index (χ3v) is 5.21. The lowest BCUT2D eigenvalue weighted by Gasteiger charge is -2.29. The summed E-state index contributed by atoms with van der Waals surface area (Å²) in [5.41, 5.74) is 6.31. The summed E-state index contributed by atoms with van der Waals surface area (Å²) in [6, 6.07) is 0. The molecule has 96 valence electrons. The zero-order chi connectivity index (χ0) is 12.0. The molecule has 1 aliphatic heterocycles. The maximum absolute atomic E-state index is 12.0. The van der Waals surface area contributed by atoms with Crippen molar-refractivity contribution in [3.63, 3.8) is 0 Å². The van der Waals surface area contributed by atoms with E-state index in [1.54, 1.807) is 0 Å². The zero-order valence-electron chi connectivity index (χ0n) is 10.7. The standard InChI is InChI=1S/C14H23NO2/c1-2-3-4-7-14(15)8-9-5-6-10-11(9)12(14)13(16)17-10/h9-12H,2-8,15H2,1H3/t9-,10-,11+,12+,14?/m1/s1. The molecule has 3 rings (SSSR count). The predicted molar refractivity (Wildman–Crippen MR) is 65.3 cm³/mol. The topological polar surface area (TPSA) is 52.3 Å². The van der Waals surface area contributed by atoms with Gasteiger partial charge in [0.2, 0.25) is 0 Å². The minimum atomic E-state index is -0.253. The average Bonchev–Trinajstić information content (AvgIpc) is 2.86. The molecule has 2 N–H and O–H groups in total. The second-order valence-corrected chi connectivity index (χ2v) is 6.26. The van der Waals surface area contributed by atoms with Gasteiger partial charge in [-0.3, -0.25) is 4.79 Å². The second kappa shape index (κ2) is 3.98. The first-order valence-electron chi connectivity index (χ1n) is 7.15. The van der Waals surface area contributed by atoms with E-state index >= 15 is 0 Å². The van der Waals surface area contributed by atoms with Crippen LogP contribution in [0.4, 0.5) is 0 Å². The summed E-state index contributed by atoms with van der Waals surface area (Å²) in [4.78, 5) is 12.0. The molecule has 5 atom stereocenters. The monoisotopic (exact) mass is 237 g/mol. The molecule has 2 saturated carbocycles. The molecule has 0 spiro atoms. The van der Waals surface area contributed by atoms with Gasteiger partial charge in [0.25, 0.3) is 0 Å². The third kappa shape index (κ3) is 1.62. The van der Waals surface area contributed by atoms with E-state index in [9.17, 15) is 4.79 Å². The van der Waals surface area contributed by atoms with Crippen LogP contribution in [-0.4, -0.2) is 17.6 Å². The number of nitrogens with two attached hydrogens (primary N) is 1. The highest BCUT2D eigenvalue weighted by atomic mass is 16.6. The molecular formula is C14H23NO2. The van der Waals surface area contributed by atoms with Crippen LogP contribution in [0.2, 0.25) is 0 Å². The molecule has 3 aliphatic rings. The van der Waals surface area contributed by atoms with E-state index < -0.39 is 0 Å². The van der Waals surface area contributed by atoms with Gasteiger partial charge in [0.1, 0.15) is 6.10 Å². The van der Waals surface area contributed by atoms with Gasteiger partial charge in [-0.1, -0.05) is 26.2 Å². The van der Waals surface area contributed by atoms with Crippen molar-refractivity contribution in [1.29, 1.82) is 0 Å². The second-order valence-electron chi connectivity index (χ2n) is 6.26. The summed E-state index contributed by atoms with van der Waals surface area (Å²) in [5, 5.41) is 0. The van der Waals surface area contributed by atoms with E-state index in [0.29, 0.717) is 11.8 Å². The zero-order valence-corrected chi connectivity index (χ0v) is 10.7. The summed E-state index contributed by atoms with van der Waals surface area (Å²) in [5.74, 6) is 1.12. The Morgan fingerprint density at radius 1 is 1.41 bits per heavy atom. The average molecular weight is 237 g/mol. The summed E-state index contributed by atoms with van der Waals surface area (Å²) in [6.45, 7) is 2.20. The Bertz CT molecular complexity index is 330. The fraction of sp³-hybridized carbons (Fsp3) is 0.929. The minimum absolute atomic E-state index is 0.00111. The molecule has 1 saturated heterocycles. The molecule has 17 heavy (non-hydrogen) atoms. The highest BCUT2D eigenvalue weighted by Crippen LogP contribution is 2.57. The first-order chi connectivity index (χ1) is 8.15. The molecule has 0 bridgehead atoms. The molecule has 3 heteroatoms. The maximum Gasteiger partial charge on any atom is 0.311 e. The number of hydrogen-bond donors (Lipinski definition) is 1. The lowest BCUT2D eigenvalue weighted by atomic mass is 9.80. The van der Waals surface area contributed by atoms with Crippen LogP contribution in [0.1, 0.15) is 51.9 Å². The highest BCUT2D eigenvalue weighted by Gasteiger charge is 2.64. The van der Waals surface area contributed by atoms with E-state index in [4.69, 9.17) is 10.5 Å². The van der Waals surface area contributed by atoms with Crippen LogP contribution in [0.3, 0.4) is 0 Å². The van der Waals surface area contributed by atoms with Crippen molar-refractivity contribution in [3.8, 4) is 0 Å². The van der Waals surface area contributed by atoms with E-state index in [2.05, 4.69) is 6.92 Å². The lowest BCUT2D eigenvalue weighted by molar-refractivity contribution is -0.145. The Balaban J connectivity index is 1.76. The Morgan fingerprint density at radius 3 is 3.00 bits per heavy atom. The van der Waals surface area contributed by atoms with Crippen LogP contribution in [0.25, 0.3) is 0 Å². The van der Waals surface area contributed by atoms with Gasteiger partial charge in [0.15, 0.2) is 0 Å².